The first-order valence-corrected chi connectivity index (χ1v) is 8.11. The molecule has 114 valence electrons. The van der Waals surface area contributed by atoms with Gasteiger partial charge in [0.1, 0.15) is 11.4 Å². The number of hydrogen-bond acceptors (Lipinski definition) is 5. The lowest BCUT2D eigenvalue weighted by Gasteiger charge is -2.32. The third-order valence-corrected chi connectivity index (χ3v) is 5.12. The second kappa shape index (κ2) is 6.48. The molecule has 0 spiro atoms. The van der Waals surface area contributed by atoms with E-state index < -0.39 is 5.54 Å². The van der Waals surface area contributed by atoms with Crippen molar-refractivity contribution in [2.45, 2.75) is 61.9 Å². The zero-order valence-corrected chi connectivity index (χ0v) is 13.5. The van der Waals surface area contributed by atoms with Crippen LogP contribution in [0, 0.1) is 18.3 Å². The molecule has 1 aromatic heterocycles. The van der Waals surface area contributed by atoms with E-state index in [0.717, 1.165) is 37.9 Å². The number of carbonyl (C=O) groups excluding carboxylic acids is 1. The van der Waals surface area contributed by atoms with Crippen molar-refractivity contribution in [1.29, 1.82) is 5.26 Å². The van der Waals surface area contributed by atoms with Crippen LogP contribution < -0.4 is 5.32 Å². The van der Waals surface area contributed by atoms with Crippen LogP contribution in [0.3, 0.4) is 0 Å². The summed E-state index contributed by atoms with van der Waals surface area (Å²) in [6.45, 7) is 3.70. The molecule has 1 aliphatic rings. The number of rotatable bonds is 4. The molecule has 1 saturated carbocycles. The lowest BCUT2D eigenvalue weighted by atomic mass is 9.83. The van der Waals surface area contributed by atoms with E-state index in [2.05, 4.69) is 21.6 Å². The Bertz CT molecular complexity index is 556. The van der Waals surface area contributed by atoms with Crippen LogP contribution in [0.5, 0.6) is 0 Å². The molecule has 0 unspecified atom stereocenters. The highest BCUT2D eigenvalue weighted by molar-refractivity contribution is 8.00. The Morgan fingerprint density at radius 3 is 2.62 bits per heavy atom. The number of aromatic nitrogens is 3. The highest BCUT2D eigenvalue weighted by Gasteiger charge is 2.35. The summed E-state index contributed by atoms with van der Waals surface area (Å²) in [4.78, 5) is 12.4. The Morgan fingerprint density at radius 2 is 2.10 bits per heavy atom. The summed E-state index contributed by atoms with van der Waals surface area (Å²) < 4.78 is 1.86. The molecular weight excluding hydrogens is 286 g/mol. The molecule has 1 N–H and O–H groups in total. The third kappa shape index (κ3) is 3.56. The van der Waals surface area contributed by atoms with E-state index in [0.29, 0.717) is 5.16 Å². The van der Waals surface area contributed by atoms with Gasteiger partial charge in [-0.25, -0.2) is 0 Å². The maximum absolute atomic E-state index is 12.4. The summed E-state index contributed by atoms with van der Waals surface area (Å²) in [5.41, 5.74) is -0.681. The van der Waals surface area contributed by atoms with Gasteiger partial charge in [0.25, 0.3) is 0 Å². The molecular formula is C14H21N5OS. The first-order chi connectivity index (χ1) is 9.97. The van der Waals surface area contributed by atoms with Crippen molar-refractivity contribution >= 4 is 17.7 Å². The number of nitriles is 1. The van der Waals surface area contributed by atoms with E-state index in [9.17, 15) is 10.1 Å². The average molecular weight is 307 g/mol. The fourth-order valence-corrected chi connectivity index (χ4v) is 3.32. The van der Waals surface area contributed by atoms with Crippen molar-refractivity contribution in [3.63, 3.8) is 0 Å². The number of hydrogen-bond donors (Lipinski definition) is 1. The van der Waals surface area contributed by atoms with Crippen LogP contribution in [0.25, 0.3) is 0 Å². The van der Waals surface area contributed by atoms with E-state index in [-0.39, 0.29) is 11.2 Å². The van der Waals surface area contributed by atoms with E-state index in [1.165, 1.54) is 11.8 Å². The monoisotopic (exact) mass is 307 g/mol. The first kappa shape index (κ1) is 15.8. The van der Waals surface area contributed by atoms with Gasteiger partial charge in [0, 0.05) is 7.05 Å². The average Bonchev–Trinajstić information content (AvgIpc) is 2.80. The number of aryl methyl sites for hydroxylation is 1. The van der Waals surface area contributed by atoms with E-state index >= 15 is 0 Å². The van der Waals surface area contributed by atoms with E-state index in [1.807, 2.05) is 25.5 Å². The Balaban J connectivity index is 1.99. The molecule has 1 aliphatic carbocycles. The molecule has 0 saturated heterocycles. The van der Waals surface area contributed by atoms with Gasteiger partial charge < -0.3 is 9.88 Å². The van der Waals surface area contributed by atoms with E-state index in [1.54, 1.807) is 0 Å². The molecule has 1 fully saturated rings. The zero-order chi connectivity index (χ0) is 15.5. The topological polar surface area (TPSA) is 83.6 Å². The van der Waals surface area contributed by atoms with Crippen molar-refractivity contribution in [2.24, 2.45) is 7.05 Å². The van der Waals surface area contributed by atoms with Crippen molar-refractivity contribution in [3.8, 4) is 6.07 Å². The zero-order valence-electron chi connectivity index (χ0n) is 12.7. The smallest absolute Gasteiger partial charge is 0.234 e. The van der Waals surface area contributed by atoms with Gasteiger partial charge in [-0.15, -0.1) is 10.2 Å². The molecule has 0 radical (unpaired) electrons. The summed E-state index contributed by atoms with van der Waals surface area (Å²) in [6.07, 6.45) is 4.63. The molecule has 2 rings (SSSR count). The highest BCUT2D eigenvalue weighted by Crippen LogP contribution is 2.29. The summed E-state index contributed by atoms with van der Waals surface area (Å²) in [6, 6.07) is 2.31. The second-order valence-electron chi connectivity index (χ2n) is 5.59. The van der Waals surface area contributed by atoms with Crippen molar-refractivity contribution in [1.82, 2.24) is 20.1 Å². The van der Waals surface area contributed by atoms with Gasteiger partial charge in [-0.1, -0.05) is 31.0 Å². The third-order valence-electron chi connectivity index (χ3n) is 3.99. The quantitative estimate of drug-likeness (QED) is 0.860. The molecule has 0 aliphatic heterocycles. The minimum atomic E-state index is -0.681. The van der Waals surface area contributed by atoms with Crippen molar-refractivity contribution < 1.29 is 4.79 Å². The Hall–Kier alpha value is -1.55. The lowest BCUT2D eigenvalue weighted by molar-refractivity contribution is -0.121. The minimum absolute atomic E-state index is 0.107. The maximum atomic E-state index is 12.4. The fraction of sp³-hybridized carbons (Fsp3) is 0.714. The normalized spacial score (nSPS) is 18.8. The van der Waals surface area contributed by atoms with Crippen LogP contribution in [-0.2, 0) is 11.8 Å². The van der Waals surface area contributed by atoms with Crippen LogP contribution in [0.4, 0.5) is 0 Å². The summed E-state index contributed by atoms with van der Waals surface area (Å²) in [5.74, 6) is 0.704. The Labute approximate surface area is 129 Å². The van der Waals surface area contributed by atoms with Gasteiger partial charge in [0.05, 0.1) is 11.3 Å². The lowest BCUT2D eigenvalue weighted by Crippen LogP contribution is -2.50. The van der Waals surface area contributed by atoms with Gasteiger partial charge in [-0.05, 0) is 26.7 Å². The SMILES string of the molecule is Cc1nnc(S[C@H](C)C(=O)NC2(C#N)CCCCC2)n1C. The molecule has 1 amide bonds. The van der Waals surface area contributed by atoms with Crippen molar-refractivity contribution in [2.75, 3.05) is 0 Å². The molecule has 0 aromatic carbocycles. The summed E-state index contributed by atoms with van der Waals surface area (Å²) in [7, 11) is 1.88. The number of amides is 1. The van der Waals surface area contributed by atoms with Crippen molar-refractivity contribution in [3.05, 3.63) is 5.82 Å². The van der Waals surface area contributed by atoms with Crippen LogP contribution in [-0.4, -0.2) is 31.5 Å². The predicted octanol–water partition coefficient (Wildman–Crippen LogP) is 1.95. The summed E-state index contributed by atoms with van der Waals surface area (Å²) >= 11 is 1.36. The second-order valence-corrected chi connectivity index (χ2v) is 6.90. The Kier molecular flexibility index (Phi) is 4.88. The van der Waals surface area contributed by atoms with Crippen LogP contribution in [0.15, 0.2) is 5.16 Å². The molecule has 1 aromatic rings. The number of thioether (sulfide) groups is 1. The maximum Gasteiger partial charge on any atom is 0.234 e. The largest absolute Gasteiger partial charge is 0.337 e. The molecule has 6 nitrogen and oxygen atoms in total. The fourth-order valence-electron chi connectivity index (χ4n) is 2.46. The number of nitrogens with zero attached hydrogens (tertiary/aromatic N) is 4. The number of nitrogens with one attached hydrogen (secondary N) is 1. The van der Waals surface area contributed by atoms with Gasteiger partial charge in [-0.2, -0.15) is 5.26 Å². The summed E-state index contributed by atoms with van der Waals surface area (Å²) in [5, 5.41) is 20.8. The molecule has 7 heteroatoms. The van der Waals surface area contributed by atoms with Gasteiger partial charge in [-0.3, -0.25) is 4.79 Å². The van der Waals surface area contributed by atoms with Crippen LogP contribution >= 0.6 is 11.8 Å². The van der Waals surface area contributed by atoms with Gasteiger partial charge in [0.2, 0.25) is 5.91 Å². The predicted molar refractivity (Wildman–Crippen MR) is 80.6 cm³/mol. The molecule has 1 heterocycles. The van der Waals surface area contributed by atoms with E-state index in [4.69, 9.17) is 0 Å². The van der Waals surface area contributed by atoms with Crippen LogP contribution in [0.2, 0.25) is 0 Å². The van der Waals surface area contributed by atoms with Crippen LogP contribution in [0.1, 0.15) is 44.9 Å². The van der Waals surface area contributed by atoms with Gasteiger partial charge >= 0.3 is 0 Å². The van der Waals surface area contributed by atoms with Gasteiger partial charge in [0.15, 0.2) is 5.16 Å². The Morgan fingerprint density at radius 1 is 1.43 bits per heavy atom. The standard InChI is InChI=1S/C14H21N5OS/c1-10(21-13-18-17-11(2)19(13)3)12(20)16-14(9-15)7-5-4-6-8-14/h10H,4-8H2,1-3H3,(H,16,20)/t10-/m1/s1. The molecule has 0 bridgehead atoms. The first-order valence-electron chi connectivity index (χ1n) is 7.23. The number of carbonyl (C=O) groups is 1. The minimum Gasteiger partial charge on any atom is -0.337 e. The highest BCUT2D eigenvalue weighted by atomic mass is 32.2. The molecule has 21 heavy (non-hydrogen) atoms. The molecule has 1 atom stereocenters.